The number of aromatic nitrogens is 1. The maximum Gasteiger partial charge on any atom is 0.254 e. The van der Waals surface area contributed by atoms with E-state index in [1.165, 1.54) is 4.31 Å². The van der Waals surface area contributed by atoms with Crippen LogP contribution in [0.1, 0.15) is 18.5 Å². The maximum atomic E-state index is 12.3. The summed E-state index contributed by atoms with van der Waals surface area (Å²) in [5.41, 5.74) is 5.97. The van der Waals surface area contributed by atoms with Crippen molar-refractivity contribution in [3.63, 3.8) is 0 Å². The lowest BCUT2D eigenvalue weighted by Crippen LogP contribution is -2.39. The van der Waals surface area contributed by atoms with Crippen LogP contribution >= 0.6 is 11.3 Å². The molecule has 0 unspecified atom stereocenters. The zero-order chi connectivity index (χ0) is 13.5. The van der Waals surface area contributed by atoms with Crippen molar-refractivity contribution in [3.05, 3.63) is 5.69 Å². The smallest absolute Gasteiger partial charge is 0.254 e. The monoisotopic (exact) mass is 291 g/mol. The number of aliphatic hydroxyl groups excluding tert-OH is 1. The first-order chi connectivity index (χ1) is 8.30. The van der Waals surface area contributed by atoms with Gasteiger partial charge in [-0.25, -0.2) is 13.4 Å². The normalized spacial score (nSPS) is 24.2. The predicted octanol–water partition coefficient (Wildman–Crippen LogP) is 0.425. The average molecular weight is 291 g/mol. The molecule has 2 rings (SSSR count). The minimum absolute atomic E-state index is 0.211. The number of rotatable bonds is 4. The summed E-state index contributed by atoms with van der Waals surface area (Å²) < 4.78 is 26.1. The van der Waals surface area contributed by atoms with Gasteiger partial charge in [-0.3, -0.25) is 0 Å². The van der Waals surface area contributed by atoms with Crippen LogP contribution in [0.2, 0.25) is 0 Å². The first kappa shape index (κ1) is 13.7. The van der Waals surface area contributed by atoms with Gasteiger partial charge in [-0.15, -0.1) is 0 Å². The van der Waals surface area contributed by atoms with E-state index in [1.807, 2.05) is 0 Å². The summed E-state index contributed by atoms with van der Waals surface area (Å²) >= 11 is 0.991. The molecule has 0 atom stereocenters. The van der Waals surface area contributed by atoms with Crippen LogP contribution in [-0.2, 0) is 10.0 Å². The van der Waals surface area contributed by atoms with E-state index in [4.69, 9.17) is 5.73 Å². The minimum Gasteiger partial charge on any atom is -0.393 e. The summed E-state index contributed by atoms with van der Waals surface area (Å²) in [4.78, 5) is 3.94. The minimum atomic E-state index is -3.51. The second kappa shape index (κ2) is 4.76. The van der Waals surface area contributed by atoms with Gasteiger partial charge in [0.1, 0.15) is 0 Å². The lowest BCUT2D eigenvalue weighted by atomic mass is 9.82. The number of hydrogen-bond donors (Lipinski definition) is 2. The molecule has 6 nitrogen and oxygen atoms in total. The van der Waals surface area contributed by atoms with Crippen LogP contribution in [-0.4, -0.2) is 42.5 Å². The van der Waals surface area contributed by atoms with Crippen molar-refractivity contribution in [2.24, 2.45) is 5.92 Å². The molecule has 0 bridgehead atoms. The third-order valence-corrected chi connectivity index (χ3v) is 6.54. The molecule has 1 aliphatic rings. The van der Waals surface area contributed by atoms with E-state index < -0.39 is 10.0 Å². The Labute approximate surface area is 110 Å². The Balaban J connectivity index is 2.13. The zero-order valence-corrected chi connectivity index (χ0v) is 12.0. The van der Waals surface area contributed by atoms with E-state index in [0.29, 0.717) is 25.1 Å². The third kappa shape index (κ3) is 2.51. The number of sulfonamides is 1. The molecule has 1 aromatic heterocycles. The highest BCUT2D eigenvalue weighted by atomic mass is 32.2. The van der Waals surface area contributed by atoms with Crippen LogP contribution in [0.15, 0.2) is 4.21 Å². The number of thiazole rings is 1. The van der Waals surface area contributed by atoms with Gasteiger partial charge in [-0.05, 0) is 25.7 Å². The molecule has 0 aliphatic heterocycles. The predicted molar refractivity (Wildman–Crippen MR) is 69.8 cm³/mol. The lowest BCUT2D eigenvalue weighted by Gasteiger charge is -2.33. The van der Waals surface area contributed by atoms with E-state index in [0.717, 1.165) is 11.3 Å². The van der Waals surface area contributed by atoms with Crippen molar-refractivity contribution >= 4 is 26.5 Å². The van der Waals surface area contributed by atoms with Crippen LogP contribution in [0.3, 0.4) is 0 Å². The zero-order valence-electron chi connectivity index (χ0n) is 10.3. The third-order valence-electron chi connectivity index (χ3n) is 3.14. The fraction of sp³-hybridized carbons (Fsp3) is 0.700. The van der Waals surface area contributed by atoms with E-state index in [1.54, 1.807) is 14.0 Å². The molecule has 1 fully saturated rings. The second-order valence-corrected chi connectivity index (χ2v) is 7.97. The first-order valence-corrected chi connectivity index (χ1v) is 7.93. The number of anilines is 1. The number of aliphatic hydroxyl groups is 1. The second-order valence-electron chi connectivity index (χ2n) is 4.70. The SMILES string of the molecule is Cc1nc(N)sc1S(=O)(=O)N(C)CC1CC(O)C1. The molecule has 0 saturated heterocycles. The highest BCUT2D eigenvalue weighted by Gasteiger charge is 2.33. The Bertz CT molecular complexity index is 535. The molecule has 3 N–H and O–H groups in total. The Hall–Kier alpha value is -0.700. The van der Waals surface area contributed by atoms with Gasteiger partial charge in [0, 0.05) is 13.6 Å². The summed E-state index contributed by atoms with van der Waals surface area (Å²) in [5, 5.41) is 9.47. The molecule has 0 amide bonds. The molecule has 1 heterocycles. The summed E-state index contributed by atoms with van der Waals surface area (Å²) in [6, 6.07) is 0. The molecular weight excluding hydrogens is 274 g/mol. The van der Waals surface area contributed by atoms with Crippen LogP contribution in [0.5, 0.6) is 0 Å². The summed E-state index contributed by atoms with van der Waals surface area (Å²) in [7, 11) is -1.96. The number of aryl methyl sites for hydroxylation is 1. The summed E-state index contributed by atoms with van der Waals surface area (Å²) in [6.45, 7) is 2.07. The van der Waals surface area contributed by atoms with E-state index >= 15 is 0 Å². The number of nitrogen functional groups attached to an aromatic ring is 1. The lowest BCUT2D eigenvalue weighted by molar-refractivity contribution is 0.0367. The molecule has 0 radical (unpaired) electrons. The highest BCUT2D eigenvalue weighted by molar-refractivity contribution is 7.91. The van der Waals surface area contributed by atoms with E-state index in [-0.39, 0.29) is 21.4 Å². The Kier molecular flexibility index (Phi) is 3.63. The van der Waals surface area contributed by atoms with Gasteiger partial charge in [0.05, 0.1) is 11.8 Å². The molecule has 18 heavy (non-hydrogen) atoms. The molecule has 1 saturated carbocycles. The van der Waals surface area contributed by atoms with Crippen molar-refractivity contribution in [3.8, 4) is 0 Å². The highest BCUT2D eigenvalue weighted by Crippen LogP contribution is 2.31. The maximum absolute atomic E-state index is 12.3. The van der Waals surface area contributed by atoms with Crippen molar-refractivity contribution < 1.29 is 13.5 Å². The van der Waals surface area contributed by atoms with Gasteiger partial charge in [0.25, 0.3) is 10.0 Å². The molecule has 0 aromatic carbocycles. The fourth-order valence-electron chi connectivity index (χ4n) is 2.09. The topological polar surface area (TPSA) is 96.5 Å². The molecular formula is C10H17N3O3S2. The van der Waals surface area contributed by atoms with E-state index in [9.17, 15) is 13.5 Å². The van der Waals surface area contributed by atoms with Crippen LogP contribution < -0.4 is 5.73 Å². The summed E-state index contributed by atoms with van der Waals surface area (Å²) in [5.74, 6) is 0.241. The van der Waals surface area contributed by atoms with Crippen LogP contribution in [0, 0.1) is 12.8 Å². The van der Waals surface area contributed by atoms with Gasteiger partial charge in [0.2, 0.25) is 0 Å². The molecule has 1 aromatic rings. The number of nitrogens with zero attached hydrogens (tertiary/aromatic N) is 2. The number of hydrogen-bond acceptors (Lipinski definition) is 6. The largest absolute Gasteiger partial charge is 0.393 e. The summed E-state index contributed by atoms with van der Waals surface area (Å²) in [6.07, 6.45) is 1.07. The molecule has 8 heteroatoms. The van der Waals surface area contributed by atoms with Gasteiger partial charge < -0.3 is 10.8 Å². The fourth-order valence-corrected chi connectivity index (χ4v) is 4.83. The average Bonchev–Trinajstić information content (AvgIpc) is 2.56. The van der Waals surface area contributed by atoms with Gasteiger partial charge in [0.15, 0.2) is 9.34 Å². The standard InChI is InChI=1S/C10H17N3O3S2/c1-6-9(17-10(11)12-6)18(15,16)13(2)5-7-3-8(14)4-7/h7-8,14H,3-5H2,1-2H3,(H2,11,12). The molecule has 1 aliphatic carbocycles. The van der Waals surface area contributed by atoms with Crippen LogP contribution in [0.4, 0.5) is 5.13 Å². The number of nitrogens with two attached hydrogens (primary N) is 1. The van der Waals surface area contributed by atoms with Crippen molar-refractivity contribution in [1.29, 1.82) is 0 Å². The van der Waals surface area contributed by atoms with Crippen molar-refractivity contribution in [1.82, 2.24) is 9.29 Å². The van der Waals surface area contributed by atoms with Gasteiger partial charge >= 0.3 is 0 Å². The Morgan fingerprint density at radius 3 is 2.61 bits per heavy atom. The van der Waals surface area contributed by atoms with Crippen molar-refractivity contribution in [2.75, 3.05) is 19.3 Å². The van der Waals surface area contributed by atoms with E-state index in [2.05, 4.69) is 4.98 Å². The Morgan fingerprint density at radius 2 is 2.17 bits per heavy atom. The van der Waals surface area contributed by atoms with Crippen molar-refractivity contribution in [2.45, 2.75) is 30.1 Å². The van der Waals surface area contributed by atoms with Gasteiger partial charge in [-0.2, -0.15) is 4.31 Å². The van der Waals surface area contributed by atoms with Crippen LogP contribution in [0.25, 0.3) is 0 Å². The molecule has 102 valence electrons. The Morgan fingerprint density at radius 1 is 1.56 bits per heavy atom. The molecule has 0 spiro atoms. The first-order valence-electron chi connectivity index (χ1n) is 5.68. The van der Waals surface area contributed by atoms with Gasteiger partial charge in [-0.1, -0.05) is 11.3 Å². The quantitative estimate of drug-likeness (QED) is 0.838.